The zero-order valence-electron chi connectivity index (χ0n) is 8.01. The van der Waals surface area contributed by atoms with Crippen molar-refractivity contribution in [2.24, 2.45) is 0 Å². The molecule has 0 radical (unpaired) electrons. The van der Waals surface area contributed by atoms with E-state index in [1.165, 1.54) is 17.8 Å². The lowest BCUT2D eigenvalue weighted by Gasteiger charge is -2.03. The molecular weight excluding hydrogens is 242 g/mol. The minimum Gasteiger partial charge on any atom is -0.379 e. The molecule has 0 spiro atoms. The monoisotopic (exact) mass is 252 g/mol. The lowest BCUT2D eigenvalue weighted by atomic mass is 10.3. The molecule has 0 aliphatic carbocycles. The van der Waals surface area contributed by atoms with Crippen LogP contribution in [0.2, 0.25) is 0 Å². The molecule has 0 atom stereocenters. The molecular formula is C10H11ClF2OS. The topological polar surface area (TPSA) is 9.23 Å². The summed E-state index contributed by atoms with van der Waals surface area (Å²) in [6.45, 7) is 0.959. The number of alkyl halides is 1. The summed E-state index contributed by atoms with van der Waals surface area (Å²) in [5, 5.41) is 0. The highest BCUT2D eigenvalue weighted by atomic mass is 35.5. The number of thioether (sulfide) groups is 1. The highest BCUT2D eigenvalue weighted by Crippen LogP contribution is 2.22. The van der Waals surface area contributed by atoms with E-state index >= 15 is 0 Å². The highest BCUT2D eigenvalue weighted by Gasteiger charge is 2.03. The predicted octanol–water partition coefficient (Wildman–Crippen LogP) is 3.31. The van der Waals surface area contributed by atoms with Crippen LogP contribution in [0.1, 0.15) is 0 Å². The van der Waals surface area contributed by atoms with Crippen LogP contribution in [0, 0.1) is 11.6 Å². The first-order chi connectivity index (χ1) is 7.24. The van der Waals surface area contributed by atoms with Crippen molar-refractivity contribution in [3.63, 3.8) is 0 Å². The van der Waals surface area contributed by atoms with Gasteiger partial charge in [0.15, 0.2) is 0 Å². The Hall–Kier alpha value is -0.320. The van der Waals surface area contributed by atoms with Crippen molar-refractivity contribution in [1.29, 1.82) is 0 Å². The molecule has 1 aromatic rings. The fourth-order valence-electron chi connectivity index (χ4n) is 0.955. The summed E-state index contributed by atoms with van der Waals surface area (Å²) < 4.78 is 30.9. The zero-order chi connectivity index (χ0) is 11.1. The van der Waals surface area contributed by atoms with Gasteiger partial charge in [-0.15, -0.1) is 23.4 Å². The molecule has 0 unspecified atom stereocenters. The van der Waals surface area contributed by atoms with Crippen molar-refractivity contribution in [3.8, 4) is 0 Å². The van der Waals surface area contributed by atoms with E-state index in [1.807, 2.05) is 0 Å². The van der Waals surface area contributed by atoms with Gasteiger partial charge < -0.3 is 4.74 Å². The van der Waals surface area contributed by atoms with Crippen LogP contribution >= 0.6 is 23.4 Å². The molecule has 0 heterocycles. The van der Waals surface area contributed by atoms with Crippen LogP contribution in [-0.4, -0.2) is 24.8 Å². The molecule has 0 saturated carbocycles. The molecule has 0 N–H and O–H groups in total. The third-order valence-electron chi connectivity index (χ3n) is 1.60. The summed E-state index contributed by atoms with van der Waals surface area (Å²) >= 11 is 6.63. The maximum atomic E-state index is 13.1. The van der Waals surface area contributed by atoms with Crippen LogP contribution in [0.15, 0.2) is 23.1 Å². The molecule has 0 saturated heterocycles. The molecule has 15 heavy (non-hydrogen) atoms. The minimum absolute atomic E-state index is 0.310. The molecule has 1 nitrogen and oxygen atoms in total. The van der Waals surface area contributed by atoms with Gasteiger partial charge in [0, 0.05) is 16.5 Å². The number of hydrogen-bond acceptors (Lipinski definition) is 2. The van der Waals surface area contributed by atoms with E-state index in [9.17, 15) is 8.78 Å². The zero-order valence-corrected chi connectivity index (χ0v) is 9.58. The van der Waals surface area contributed by atoms with Gasteiger partial charge in [0.1, 0.15) is 11.6 Å². The van der Waals surface area contributed by atoms with E-state index in [-0.39, 0.29) is 0 Å². The lowest BCUT2D eigenvalue weighted by Crippen LogP contribution is -2.00. The Balaban J connectivity index is 2.33. The molecule has 5 heteroatoms. The molecule has 84 valence electrons. The second-order valence-electron chi connectivity index (χ2n) is 2.72. The summed E-state index contributed by atoms with van der Waals surface area (Å²) in [5.74, 6) is 0.190. The van der Waals surface area contributed by atoms with Gasteiger partial charge in [0.2, 0.25) is 0 Å². The van der Waals surface area contributed by atoms with Crippen molar-refractivity contribution >= 4 is 23.4 Å². The number of benzene rings is 1. The van der Waals surface area contributed by atoms with Crippen LogP contribution in [0.25, 0.3) is 0 Å². The van der Waals surface area contributed by atoms with Gasteiger partial charge in [-0.1, -0.05) is 0 Å². The van der Waals surface area contributed by atoms with E-state index in [0.29, 0.717) is 29.7 Å². The standard InChI is InChI=1S/C10H11ClF2OS/c11-3-4-14-5-6-15-10-7-8(12)1-2-9(10)13/h1-2,7H,3-6H2. The van der Waals surface area contributed by atoms with Crippen molar-refractivity contribution in [2.75, 3.05) is 24.8 Å². The van der Waals surface area contributed by atoms with Crippen molar-refractivity contribution in [2.45, 2.75) is 4.90 Å². The van der Waals surface area contributed by atoms with Gasteiger partial charge in [0.05, 0.1) is 13.2 Å². The maximum absolute atomic E-state index is 13.1. The molecule has 1 aromatic carbocycles. The van der Waals surface area contributed by atoms with Gasteiger partial charge in [-0.25, -0.2) is 8.78 Å². The Morgan fingerprint density at radius 2 is 2.07 bits per heavy atom. The normalized spacial score (nSPS) is 10.6. The van der Waals surface area contributed by atoms with Crippen LogP contribution in [0.4, 0.5) is 8.78 Å². The smallest absolute Gasteiger partial charge is 0.136 e. The number of hydrogen-bond donors (Lipinski definition) is 0. The fourth-order valence-corrected chi connectivity index (χ4v) is 1.89. The average molecular weight is 253 g/mol. The molecule has 0 bridgehead atoms. The lowest BCUT2D eigenvalue weighted by molar-refractivity contribution is 0.166. The maximum Gasteiger partial charge on any atom is 0.136 e. The van der Waals surface area contributed by atoms with E-state index in [2.05, 4.69) is 0 Å². The Bertz CT molecular complexity index is 309. The third kappa shape index (κ3) is 4.82. The van der Waals surface area contributed by atoms with Crippen molar-refractivity contribution in [3.05, 3.63) is 29.8 Å². The first-order valence-corrected chi connectivity index (χ1v) is 5.97. The van der Waals surface area contributed by atoms with Gasteiger partial charge in [0.25, 0.3) is 0 Å². The molecule has 1 rings (SSSR count). The first kappa shape index (κ1) is 12.7. The van der Waals surface area contributed by atoms with Crippen molar-refractivity contribution < 1.29 is 13.5 Å². The third-order valence-corrected chi connectivity index (χ3v) is 2.75. The van der Waals surface area contributed by atoms with Gasteiger partial charge >= 0.3 is 0 Å². The van der Waals surface area contributed by atoms with Gasteiger partial charge in [-0.05, 0) is 18.2 Å². The Kier molecular flexibility index (Phi) is 5.98. The summed E-state index contributed by atoms with van der Waals surface area (Å²) in [7, 11) is 0. The molecule has 0 aliphatic heterocycles. The number of ether oxygens (including phenoxy) is 1. The van der Waals surface area contributed by atoms with E-state index in [1.54, 1.807) is 0 Å². The average Bonchev–Trinajstić information content (AvgIpc) is 2.23. The number of halogens is 3. The summed E-state index contributed by atoms with van der Waals surface area (Å²) in [6, 6.07) is 3.40. The van der Waals surface area contributed by atoms with E-state index < -0.39 is 11.6 Å². The summed E-state index contributed by atoms with van der Waals surface area (Å²) in [6.07, 6.45) is 0. The van der Waals surface area contributed by atoms with E-state index in [0.717, 1.165) is 12.1 Å². The second-order valence-corrected chi connectivity index (χ2v) is 4.24. The Morgan fingerprint density at radius 3 is 2.80 bits per heavy atom. The van der Waals surface area contributed by atoms with Gasteiger partial charge in [-0.2, -0.15) is 0 Å². The molecule has 0 aliphatic rings. The first-order valence-electron chi connectivity index (χ1n) is 4.45. The molecule has 0 amide bonds. The van der Waals surface area contributed by atoms with Gasteiger partial charge in [-0.3, -0.25) is 0 Å². The summed E-state index contributed by atoms with van der Waals surface area (Å²) in [5.41, 5.74) is 0. The Morgan fingerprint density at radius 1 is 1.27 bits per heavy atom. The quantitative estimate of drug-likeness (QED) is 0.436. The number of rotatable bonds is 6. The molecule has 0 fully saturated rings. The van der Waals surface area contributed by atoms with Crippen LogP contribution in [0.3, 0.4) is 0 Å². The molecule has 0 aromatic heterocycles. The van der Waals surface area contributed by atoms with Crippen LogP contribution in [-0.2, 0) is 4.74 Å². The fraction of sp³-hybridized carbons (Fsp3) is 0.400. The largest absolute Gasteiger partial charge is 0.379 e. The highest BCUT2D eigenvalue weighted by molar-refractivity contribution is 7.99. The Labute approximate surface area is 96.8 Å². The SMILES string of the molecule is Fc1ccc(F)c(SCCOCCCl)c1. The van der Waals surface area contributed by atoms with Crippen LogP contribution < -0.4 is 0 Å². The summed E-state index contributed by atoms with van der Waals surface area (Å²) in [4.78, 5) is 0.310. The predicted molar refractivity (Wildman–Crippen MR) is 58.6 cm³/mol. The van der Waals surface area contributed by atoms with Crippen LogP contribution in [0.5, 0.6) is 0 Å². The van der Waals surface area contributed by atoms with Crippen molar-refractivity contribution in [1.82, 2.24) is 0 Å². The minimum atomic E-state index is -0.430. The second kappa shape index (κ2) is 7.04. The van der Waals surface area contributed by atoms with E-state index in [4.69, 9.17) is 16.3 Å².